The van der Waals surface area contributed by atoms with Gasteiger partial charge in [0.25, 0.3) is 5.69 Å². The maximum Gasteiger partial charge on any atom is 0.331 e. The lowest BCUT2D eigenvalue weighted by Crippen LogP contribution is -2.37. The van der Waals surface area contributed by atoms with Crippen LogP contribution in [-0.4, -0.2) is 58.2 Å². The number of carbonyl (C=O) groups excluding carboxylic acids is 1. The first kappa shape index (κ1) is 23.4. The Morgan fingerprint density at radius 2 is 1.65 bits per heavy atom. The smallest absolute Gasteiger partial charge is 0.331 e. The summed E-state index contributed by atoms with van der Waals surface area (Å²) in [6, 6.07) is 10.9. The number of hydrogen-bond donors (Lipinski definition) is 1. The van der Waals surface area contributed by atoms with Gasteiger partial charge in [-0.15, -0.1) is 0 Å². The number of anilines is 1. The topological polar surface area (TPSA) is 142 Å². The number of carbonyl (C=O) groups is 1. The quantitative estimate of drug-likeness (QED) is 0.549. The van der Waals surface area contributed by atoms with E-state index in [1.54, 1.807) is 12.1 Å². The number of phenols is 1. The third kappa shape index (κ3) is 6.31. The van der Waals surface area contributed by atoms with Crippen LogP contribution in [0.3, 0.4) is 0 Å². The van der Waals surface area contributed by atoms with E-state index in [0.717, 1.165) is 18.0 Å². The van der Waals surface area contributed by atoms with Gasteiger partial charge < -0.3 is 10.0 Å². The van der Waals surface area contributed by atoms with Gasteiger partial charge in [-0.25, -0.2) is 0 Å². The Morgan fingerprint density at radius 1 is 1.06 bits per heavy atom. The summed E-state index contributed by atoms with van der Waals surface area (Å²) in [4.78, 5) is 33.9. The molecule has 1 heterocycles. The molecule has 1 amide bonds. The lowest BCUT2D eigenvalue weighted by atomic mass is 10.1. The Labute approximate surface area is 178 Å². The van der Waals surface area contributed by atoms with Crippen LogP contribution in [0.15, 0.2) is 53.6 Å². The highest BCUT2D eigenvalue weighted by molar-refractivity contribution is 6.16. The molecule has 2 aromatic carbocycles. The lowest BCUT2D eigenvalue weighted by molar-refractivity contribution is -0.488. The molecule has 0 spiro atoms. The average molecular weight is 429 g/mol. The minimum atomic E-state index is -1.49. The van der Waals surface area contributed by atoms with Crippen molar-refractivity contribution in [1.82, 2.24) is 4.90 Å². The summed E-state index contributed by atoms with van der Waals surface area (Å²) in [6.07, 6.45) is 1.04. The van der Waals surface area contributed by atoms with Crippen molar-refractivity contribution in [3.05, 3.63) is 74.3 Å². The molecule has 0 radical (unpaired) electrons. The summed E-state index contributed by atoms with van der Waals surface area (Å²) < 4.78 is 0. The number of phenolic OH excluding ortho intramolecular Hbond substituents is 1. The summed E-state index contributed by atoms with van der Waals surface area (Å²) in [7, 11) is 4.11. The number of hydrazone groups is 1. The molecule has 0 saturated carbocycles. The molecule has 0 fully saturated rings. The molecule has 31 heavy (non-hydrogen) atoms. The highest BCUT2D eigenvalue weighted by Gasteiger charge is 2.43. The van der Waals surface area contributed by atoms with Crippen LogP contribution in [0.1, 0.15) is 12.5 Å². The maximum atomic E-state index is 11.8. The molecule has 1 N–H and O–H groups in total. The van der Waals surface area contributed by atoms with Gasteiger partial charge in [-0.2, -0.15) is 10.1 Å². The lowest BCUT2D eigenvalue weighted by Gasteiger charge is -2.10. The molecule has 11 heteroatoms. The Bertz CT molecular complexity index is 973. The van der Waals surface area contributed by atoms with Crippen LogP contribution in [0.4, 0.5) is 11.4 Å². The van der Waals surface area contributed by atoms with Gasteiger partial charge in [0, 0.05) is 23.6 Å². The zero-order chi connectivity index (χ0) is 23.1. The molecule has 1 unspecified atom stereocenters. The number of aromatic hydroxyl groups is 1. The highest BCUT2D eigenvalue weighted by atomic mass is 16.6. The fourth-order valence-corrected chi connectivity index (χ4v) is 2.71. The predicted molar refractivity (Wildman–Crippen MR) is 115 cm³/mol. The highest BCUT2D eigenvalue weighted by Crippen LogP contribution is 2.24. The molecule has 0 saturated heterocycles. The second-order valence-electron chi connectivity index (χ2n) is 7.07. The van der Waals surface area contributed by atoms with E-state index in [4.69, 9.17) is 5.11 Å². The number of hydrogen-bond acceptors (Lipinski definition) is 8. The Morgan fingerprint density at radius 3 is 2.10 bits per heavy atom. The largest absolute Gasteiger partial charge is 0.508 e. The Hall–Kier alpha value is -3.86. The summed E-state index contributed by atoms with van der Waals surface area (Å²) in [5.41, 5.74) is 1.45. The van der Waals surface area contributed by atoms with E-state index < -0.39 is 21.8 Å². The van der Waals surface area contributed by atoms with Crippen molar-refractivity contribution in [2.24, 2.45) is 5.10 Å². The van der Waals surface area contributed by atoms with Gasteiger partial charge in [0.2, 0.25) is 0 Å². The van der Waals surface area contributed by atoms with Gasteiger partial charge in [-0.05, 0) is 57.3 Å². The van der Waals surface area contributed by atoms with E-state index in [2.05, 4.69) is 24.1 Å². The van der Waals surface area contributed by atoms with Gasteiger partial charge >= 0.3 is 11.9 Å². The average Bonchev–Trinajstić information content (AvgIpc) is 3.02. The number of amides is 1. The van der Waals surface area contributed by atoms with Crippen LogP contribution in [-0.2, 0) is 11.2 Å². The van der Waals surface area contributed by atoms with E-state index >= 15 is 0 Å². The normalized spacial score (nSPS) is 15.4. The van der Waals surface area contributed by atoms with Crippen molar-refractivity contribution < 1.29 is 19.7 Å². The van der Waals surface area contributed by atoms with E-state index in [9.17, 15) is 25.0 Å². The molecular formula is C20H23N5O6. The van der Waals surface area contributed by atoms with Crippen LogP contribution in [0.2, 0.25) is 0 Å². The second-order valence-corrected chi connectivity index (χ2v) is 7.07. The van der Waals surface area contributed by atoms with Crippen LogP contribution in [0, 0.1) is 20.2 Å². The number of benzene rings is 2. The monoisotopic (exact) mass is 429 g/mol. The van der Waals surface area contributed by atoms with E-state index in [0.29, 0.717) is 5.75 Å². The molecule has 1 atom stereocenters. The number of nitro benzene ring substituents is 1. The molecule has 1 aliphatic heterocycles. The third-order valence-electron chi connectivity index (χ3n) is 4.40. The van der Waals surface area contributed by atoms with Crippen molar-refractivity contribution in [2.75, 3.05) is 25.6 Å². The van der Waals surface area contributed by atoms with Gasteiger partial charge in [-0.3, -0.25) is 25.0 Å². The van der Waals surface area contributed by atoms with Gasteiger partial charge in [0.15, 0.2) is 0 Å². The van der Waals surface area contributed by atoms with Crippen LogP contribution < -0.4 is 5.01 Å². The number of likely N-dealkylation sites (N-methyl/N-ethyl adjacent to an activating group) is 1. The first-order valence-electron chi connectivity index (χ1n) is 9.29. The van der Waals surface area contributed by atoms with E-state index in [1.807, 2.05) is 12.1 Å². The van der Waals surface area contributed by atoms with E-state index in [1.165, 1.54) is 36.8 Å². The van der Waals surface area contributed by atoms with Crippen molar-refractivity contribution in [3.63, 3.8) is 0 Å². The molecule has 3 rings (SSSR count). The van der Waals surface area contributed by atoms with Gasteiger partial charge in [-0.1, -0.05) is 12.1 Å². The van der Waals surface area contributed by atoms with Gasteiger partial charge in [0.05, 0.1) is 10.6 Å². The molecule has 1 aliphatic rings. The zero-order valence-electron chi connectivity index (χ0n) is 17.3. The van der Waals surface area contributed by atoms with Crippen LogP contribution >= 0.6 is 0 Å². The summed E-state index contributed by atoms with van der Waals surface area (Å²) in [5.74, 6) is -0.444. The van der Waals surface area contributed by atoms with Crippen LogP contribution in [0.25, 0.3) is 0 Å². The fourth-order valence-electron chi connectivity index (χ4n) is 2.71. The van der Waals surface area contributed by atoms with Crippen molar-refractivity contribution in [2.45, 2.75) is 19.4 Å². The van der Waals surface area contributed by atoms with Crippen LogP contribution in [0.5, 0.6) is 5.75 Å². The first-order chi connectivity index (χ1) is 14.6. The number of nitro groups is 2. The SMILES string of the molecule is CC1=NN(c2ccc([N+](=O)[O-])cc2)C(=O)C1[N+](=O)[O-].CN(C)CCc1ccc(O)cc1. The molecular weight excluding hydrogens is 406 g/mol. The van der Waals surface area contributed by atoms with Crippen molar-refractivity contribution in [1.29, 1.82) is 0 Å². The summed E-state index contributed by atoms with van der Waals surface area (Å²) in [6.45, 7) is 2.43. The van der Waals surface area contributed by atoms with Crippen molar-refractivity contribution >= 4 is 23.0 Å². The summed E-state index contributed by atoms with van der Waals surface area (Å²) in [5, 5.41) is 34.9. The Kier molecular flexibility index (Phi) is 7.75. The molecule has 11 nitrogen and oxygen atoms in total. The van der Waals surface area contributed by atoms with Gasteiger partial charge in [0.1, 0.15) is 11.5 Å². The molecule has 0 bridgehead atoms. The summed E-state index contributed by atoms with van der Waals surface area (Å²) >= 11 is 0. The first-order valence-corrected chi connectivity index (χ1v) is 9.29. The third-order valence-corrected chi connectivity index (χ3v) is 4.40. The number of non-ortho nitro benzene ring substituents is 1. The minimum Gasteiger partial charge on any atom is -0.508 e. The number of nitrogens with zero attached hydrogens (tertiary/aromatic N) is 5. The predicted octanol–water partition coefficient (Wildman–Crippen LogP) is 2.46. The Balaban J connectivity index is 0.000000245. The van der Waals surface area contributed by atoms with Crippen molar-refractivity contribution in [3.8, 4) is 5.75 Å². The molecule has 0 aliphatic carbocycles. The fraction of sp³-hybridized carbons (Fsp3) is 0.300. The second kappa shape index (κ2) is 10.3. The minimum absolute atomic E-state index is 0.0772. The number of rotatable bonds is 6. The molecule has 2 aromatic rings. The maximum absolute atomic E-state index is 11.8. The molecule has 164 valence electrons. The zero-order valence-corrected chi connectivity index (χ0v) is 17.3. The molecule has 0 aromatic heterocycles. The van der Waals surface area contributed by atoms with E-state index in [-0.39, 0.29) is 17.1 Å². The standard InChI is InChI=1S/C10H8N4O5.C10H15NO/c1-6-9(14(18)19)10(15)12(11-6)7-2-4-8(5-3-7)13(16)17;1-11(2)8-7-9-3-5-10(12)6-4-9/h2-5,9H,1H3;3-6,12H,7-8H2,1-2H3.